The Hall–Kier alpha value is -1.82. The van der Waals surface area contributed by atoms with E-state index in [9.17, 15) is 19.5 Å². The van der Waals surface area contributed by atoms with E-state index in [1.165, 1.54) is 19.9 Å². The number of aliphatic hydroxyl groups is 1. The molecule has 0 aromatic carbocycles. The Morgan fingerprint density at radius 1 is 1.21 bits per heavy atom. The highest BCUT2D eigenvalue weighted by atomic mass is 19.1. The molecule has 3 saturated carbocycles. The predicted molar refractivity (Wildman–Crippen MR) is 122 cm³/mol. The predicted octanol–water partition coefficient (Wildman–Crippen LogP) is 4.52. The molecule has 1 N–H and O–H groups in total. The van der Waals surface area contributed by atoms with Crippen LogP contribution in [-0.4, -0.2) is 40.0 Å². The van der Waals surface area contributed by atoms with Crippen LogP contribution < -0.4 is 0 Å². The van der Waals surface area contributed by atoms with Crippen molar-refractivity contribution in [2.75, 3.05) is 0 Å². The first-order valence-electron chi connectivity index (χ1n) is 12.3. The van der Waals surface area contributed by atoms with Gasteiger partial charge in [-0.1, -0.05) is 32.4 Å². The number of alkyl halides is 1. The average molecular weight is 461 g/mol. The Morgan fingerprint density at radius 2 is 1.88 bits per heavy atom. The fraction of sp³-hybridized carbons (Fsp3) is 0.741. The van der Waals surface area contributed by atoms with E-state index in [-0.39, 0.29) is 48.1 Å². The van der Waals surface area contributed by atoms with Crippen molar-refractivity contribution in [1.82, 2.24) is 0 Å². The van der Waals surface area contributed by atoms with E-state index in [4.69, 9.17) is 4.74 Å². The van der Waals surface area contributed by atoms with Crippen molar-refractivity contribution >= 4 is 17.5 Å². The summed E-state index contributed by atoms with van der Waals surface area (Å²) in [6, 6.07) is 0. The zero-order chi connectivity index (χ0) is 24.6. The Balaban J connectivity index is 1.78. The molecule has 4 aliphatic carbocycles. The summed E-state index contributed by atoms with van der Waals surface area (Å²) in [6.45, 7) is 10.9. The second-order valence-electron chi connectivity index (χ2n) is 11.6. The zero-order valence-corrected chi connectivity index (χ0v) is 20.6. The molecule has 3 fully saturated rings. The molecule has 0 aliphatic heterocycles. The lowest BCUT2D eigenvalue weighted by atomic mass is 9.44. The van der Waals surface area contributed by atoms with Crippen LogP contribution >= 0.6 is 0 Å². The van der Waals surface area contributed by atoms with Gasteiger partial charge in [0.1, 0.15) is 5.67 Å². The van der Waals surface area contributed by atoms with Crippen LogP contribution in [0.25, 0.3) is 0 Å². The van der Waals surface area contributed by atoms with Gasteiger partial charge in [-0.05, 0) is 76.4 Å². The second kappa shape index (κ2) is 7.59. The number of aliphatic hydroxyl groups excluding tert-OH is 1. The first-order chi connectivity index (χ1) is 15.2. The molecule has 0 aromatic rings. The number of fused-ring (bicyclic) bond motifs is 5. The molecule has 1 unspecified atom stereocenters. The van der Waals surface area contributed by atoms with Crippen LogP contribution in [0.2, 0.25) is 0 Å². The van der Waals surface area contributed by atoms with E-state index in [1.807, 2.05) is 20.8 Å². The van der Waals surface area contributed by atoms with E-state index in [1.54, 1.807) is 12.2 Å². The topological polar surface area (TPSA) is 80.7 Å². The highest BCUT2D eigenvalue weighted by molar-refractivity contribution is 6.01. The number of allylic oxidation sites excluding steroid dienone is 4. The van der Waals surface area contributed by atoms with Gasteiger partial charge in [-0.15, -0.1) is 0 Å². The third-order valence-electron chi connectivity index (χ3n) is 9.79. The van der Waals surface area contributed by atoms with Crippen LogP contribution in [-0.2, 0) is 19.1 Å². The van der Waals surface area contributed by atoms with Crippen LogP contribution in [0.4, 0.5) is 4.39 Å². The fourth-order valence-electron chi connectivity index (χ4n) is 8.30. The van der Waals surface area contributed by atoms with Crippen LogP contribution in [0.5, 0.6) is 0 Å². The molecule has 33 heavy (non-hydrogen) atoms. The quantitative estimate of drug-likeness (QED) is 0.624. The maximum absolute atomic E-state index is 17.2. The Kier molecular flexibility index (Phi) is 5.59. The van der Waals surface area contributed by atoms with Crippen molar-refractivity contribution in [2.24, 2.45) is 34.5 Å². The molecular weight excluding hydrogens is 423 g/mol. The largest absolute Gasteiger partial charge is 0.450 e. The summed E-state index contributed by atoms with van der Waals surface area (Å²) in [6.07, 6.45) is 5.66. The van der Waals surface area contributed by atoms with Crippen molar-refractivity contribution in [1.29, 1.82) is 0 Å². The number of halogens is 1. The summed E-state index contributed by atoms with van der Waals surface area (Å²) in [5, 5.41) is 9.69. The zero-order valence-electron chi connectivity index (χ0n) is 20.6. The average Bonchev–Trinajstić information content (AvgIpc) is 2.93. The van der Waals surface area contributed by atoms with Gasteiger partial charge in [-0.2, -0.15) is 0 Å². The Bertz CT molecular complexity index is 952. The van der Waals surface area contributed by atoms with Crippen LogP contribution in [0.15, 0.2) is 23.8 Å². The van der Waals surface area contributed by atoms with Gasteiger partial charge in [0, 0.05) is 16.7 Å². The molecule has 0 amide bonds. The molecular formula is C27H37FO5. The minimum absolute atomic E-state index is 0.0422. The van der Waals surface area contributed by atoms with Crippen LogP contribution in [0, 0.1) is 34.5 Å². The van der Waals surface area contributed by atoms with E-state index in [0.29, 0.717) is 19.3 Å². The number of Topliss-reactive ketones (excluding diaryl/α,β-unsaturated/α-hetero) is 1. The van der Waals surface area contributed by atoms with Crippen LogP contribution in [0.3, 0.4) is 0 Å². The standard InChI is InChI=1S/C27H37FO5/c1-15-11-22-21-12-16(2)27(18(4)30,33-23(32)13-17(3)29)25(21,6)9-10-26(22,28)24(5)8-7-19(31)14-20(15)24/h7-8,14-17,21-22,29H,9-13H2,1-6H3/t15-,16-,17?,21-,22-,24-,25-,26+,27-/m0/s1. The van der Waals surface area contributed by atoms with Crippen molar-refractivity contribution in [3.05, 3.63) is 23.8 Å². The third kappa shape index (κ3) is 3.08. The summed E-state index contributed by atoms with van der Waals surface area (Å²) in [5.41, 5.74) is -3.56. The highest BCUT2D eigenvalue weighted by Crippen LogP contribution is 2.72. The molecule has 182 valence electrons. The summed E-state index contributed by atoms with van der Waals surface area (Å²) >= 11 is 0. The van der Waals surface area contributed by atoms with Gasteiger partial charge in [0.25, 0.3) is 0 Å². The molecule has 4 aliphatic rings. The first-order valence-corrected chi connectivity index (χ1v) is 12.3. The van der Waals surface area contributed by atoms with Gasteiger partial charge in [-0.25, -0.2) is 4.39 Å². The van der Waals surface area contributed by atoms with Gasteiger partial charge in [0.15, 0.2) is 17.2 Å². The van der Waals surface area contributed by atoms with Crippen LogP contribution in [0.1, 0.15) is 73.6 Å². The minimum Gasteiger partial charge on any atom is -0.450 e. The highest BCUT2D eigenvalue weighted by Gasteiger charge is 2.74. The van der Waals surface area contributed by atoms with E-state index in [2.05, 4.69) is 6.92 Å². The van der Waals surface area contributed by atoms with Crippen molar-refractivity contribution in [3.8, 4) is 0 Å². The minimum atomic E-state index is -1.54. The molecule has 6 heteroatoms. The van der Waals surface area contributed by atoms with Gasteiger partial charge in [0.05, 0.1) is 12.5 Å². The summed E-state index contributed by atoms with van der Waals surface area (Å²) < 4.78 is 23.2. The number of hydrogen-bond donors (Lipinski definition) is 1. The fourth-order valence-corrected chi connectivity index (χ4v) is 8.30. The lowest BCUT2D eigenvalue weighted by molar-refractivity contribution is -0.204. The molecule has 0 spiro atoms. The first kappa shape index (κ1) is 24.3. The van der Waals surface area contributed by atoms with Crippen molar-refractivity contribution in [3.63, 3.8) is 0 Å². The number of ketones is 2. The number of rotatable bonds is 4. The lowest BCUT2D eigenvalue weighted by Gasteiger charge is -2.62. The normalized spacial score (nSPS) is 47.2. The van der Waals surface area contributed by atoms with Gasteiger partial charge >= 0.3 is 5.97 Å². The second-order valence-corrected chi connectivity index (χ2v) is 11.6. The Labute approximate surface area is 195 Å². The molecule has 9 atom stereocenters. The lowest BCUT2D eigenvalue weighted by Crippen LogP contribution is -2.65. The molecule has 0 radical (unpaired) electrons. The number of carbonyl (C=O) groups excluding carboxylic acids is 3. The number of esters is 1. The summed E-state index contributed by atoms with van der Waals surface area (Å²) in [4.78, 5) is 38.0. The van der Waals surface area contributed by atoms with E-state index >= 15 is 4.39 Å². The van der Waals surface area contributed by atoms with Crippen molar-refractivity contribution < 1.29 is 28.6 Å². The number of carbonyl (C=O) groups is 3. The Morgan fingerprint density at radius 3 is 2.48 bits per heavy atom. The van der Waals surface area contributed by atoms with Gasteiger partial charge in [-0.3, -0.25) is 14.4 Å². The molecule has 0 saturated heterocycles. The molecule has 0 bridgehead atoms. The summed E-state index contributed by atoms with van der Waals surface area (Å²) in [5.74, 6) is -1.55. The number of ether oxygens (including phenoxy) is 1. The maximum Gasteiger partial charge on any atom is 0.309 e. The molecule has 0 aromatic heterocycles. The van der Waals surface area contributed by atoms with E-state index < -0.39 is 34.2 Å². The van der Waals surface area contributed by atoms with Crippen molar-refractivity contribution in [2.45, 2.75) is 91.0 Å². The monoisotopic (exact) mass is 460 g/mol. The third-order valence-corrected chi connectivity index (χ3v) is 9.79. The summed E-state index contributed by atoms with van der Waals surface area (Å²) in [7, 11) is 0. The molecule has 5 nitrogen and oxygen atoms in total. The SMILES string of the molecule is CC(=O)[C@@]1(OC(=O)CC(C)O)[C@@H](C)C[C@H]2[C@@H]3C[C@H](C)C4=CC(=O)C=C[C@]4(C)[C@@]3(F)CC[C@@]21C. The number of hydrogen-bond acceptors (Lipinski definition) is 5. The smallest absolute Gasteiger partial charge is 0.309 e. The molecule has 4 rings (SSSR count). The molecule has 0 heterocycles. The van der Waals surface area contributed by atoms with Gasteiger partial charge in [0.2, 0.25) is 0 Å². The maximum atomic E-state index is 17.2. The van der Waals surface area contributed by atoms with E-state index in [0.717, 1.165) is 5.57 Å². The van der Waals surface area contributed by atoms with Gasteiger partial charge < -0.3 is 9.84 Å².